The average Bonchev–Trinajstić information content (AvgIpc) is 2.98. The molecule has 0 aliphatic carbocycles. The van der Waals surface area contributed by atoms with Crippen LogP contribution in [0.2, 0.25) is 0 Å². The molecule has 0 amide bonds. The van der Waals surface area contributed by atoms with Gasteiger partial charge in [-0.25, -0.2) is 0 Å². The molecule has 0 atom stereocenters. The fourth-order valence-electron chi connectivity index (χ4n) is 2.74. The molecule has 1 N–H and O–H groups in total. The minimum atomic E-state index is 0.850. The molecule has 118 valence electrons. The lowest BCUT2D eigenvalue weighted by Gasteiger charge is -2.07. The Balaban J connectivity index is 1.53. The molecule has 0 saturated carbocycles. The Morgan fingerprint density at radius 3 is 2.61 bits per heavy atom. The van der Waals surface area contributed by atoms with Gasteiger partial charge in [0.05, 0.1) is 0 Å². The maximum Gasteiger partial charge on any atom is 0.0470 e. The first-order valence-corrected chi connectivity index (χ1v) is 8.02. The second-order valence-corrected chi connectivity index (χ2v) is 6.03. The summed E-state index contributed by atoms with van der Waals surface area (Å²) >= 11 is 0. The highest BCUT2D eigenvalue weighted by Crippen LogP contribution is 2.09. The molecule has 2 heterocycles. The molecule has 0 spiro atoms. The third kappa shape index (κ3) is 4.30. The number of hydrogen-bond donors (Lipinski definition) is 1. The van der Waals surface area contributed by atoms with E-state index in [1.807, 2.05) is 13.1 Å². The lowest BCUT2D eigenvalue weighted by Crippen LogP contribution is -2.13. The fourth-order valence-corrected chi connectivity index (χ4v) is 2.74. The van der Waals surface area contributed by atoms with Gasteiger partial charge in [0.15, 0.2) is 0 Å². The molecule has 3 nitrogen and oxygen atoms in total. The molecule has 3 aromatic rings. The first kappa shape index (κ1) is 15.5. The van der Waals surface area contributed by atoms with E-state index >= 15 is 0 Å². The van der Waals surface area contributed by atoms with E-state index in [2.05, 4.69) is 76.6 Å². The van der Waals surface area contributed by atoms with Gasteiger partial charge in [0.25, 0.3) is 0 Å². The zero-order valence-electron chi connectivity index (χ0n) is 13.8. The van der Waals surface area contributed by atoms with Gasteiger partial charge in [0.2, 0.25) is 0 Å². The van der Waals surface area contributed by atoms with E-state index < -0.39 is 0 Å². The average molecular weight is 305 g/mol. The quantitative estimate of drug-likeness (QED) is 0.750. The standard InChI is InChI=1S/C20H23N3/c1-16-10-17(2)22-13-20(16)12-21-11-19-8-9-23(15-19)14-18-6-4-3-5-7-18/h3-10,13,15,21H,11-12,14H2,1-2H3. The summed E-state index contributed by atoms with van der Waals surface area (Å²) in [5.41, 5.74) is 6.26. The summed E-state index contributed by atoms with van der Waals surface area (Å²) in [7, 11) is 0. The topological polar surface area (TPSA) is 29.9 Å². The first-order valence-electron chi connectivity index (χ1n) is 8.02. The zero-order valence-corrected chi connectivity index (χ0v) is 13.8. The SMILES string of the molecule is Cc1cc(C)c(CNCc2ccn(Cc3ccccc3)c2)cn1. The van der Waals surface area contributed by atoms with Crippen LogP contribution in [-0.4, -0.2) is 9.55 Å². The van der Waals surface area contributed by atoms with Gasteiger partial charge in [0.1, 0.15) is 0 Å². The molecule has 3 rings (SSSR count). The van der Waals surface area contributed by atoms with Crippen molar-refractivity contribution in [1.82, 2.24) is 14.9 Å². The van der Waals surface area contributed by atoms with Crippen LogP contribution in [0.25, 0.3) is 0 Å². The highest BCUT2D eigenvalue weighted by atomic mass is 14.9. The molecule has 3 heteroatoms. The van der Waals surface area contributed by atoms with Gasteiger partial charge in [-0.2, -0.15) is 0 Å². The van der Waals surface area contributed by atoms with E-state index in [0.29, 0.717) is 0 Å². The number of rotatable bonds is 6. The predicted molar refractivity (Wildman–Crippen MR) is 94.2 cm³/mol. The van der Waals surface area contributed by atoms with Crippen molar-refractivity contribution in [2.75, 3.05) is 0 Å². The van der Waals surface area contributed by atoms with Gasteiger partial charge in [-0.3, -0.25) is 4.98 Å². The van der Waals surface area contributed by atoms with Crippen LogP contribution >= 0.6 is 0 Å². The lowest BCUT2D eigenvalue weighted by atomic mass is 10.1. The molecule has 0 saturated heterocycles. The summed E-state index contributed by atoms with van der Waals surface area (Å²) in [4.78, 5) is 4.37. The van der Waals surface area contributed by atoms with Crippen LogP contribution in [0.3, 0.4) is 0 Å². The van der Waals surface area contributed by atoms with E-state index in [4.69, 9.17) is 0 Å². The van der Waals surface area contributed by atoms with Crippen molar-refractivity contribution in [3.63, 3.8) is 0 Å². The van der Waals surface area contributed by atoms with Gasteiger partial charge in [-0.05, 0) is 48.2 Å². The maximum absolute atomic E-state index is 4.37. The van der Waals surface area contributed by atoms with E-state index in [1.54, 1.807) is 0 Å². The van der Waals surface area contributed by atoms with Crippen LogP contribution in [0.15, 0.2) is 61.1 Å². The Morgan fingerprint density at radius 2 is 1.83 bits per heavy atom. The Hall–Kier alpha value is -2.39. The third-order valence-electron chi connectivity index (χ3n) is 4.02. The van der Waals surface area contributed by atoms with Gasteiger partial charge < -0.3 is 9.88 Å². The monoisotopic (exact) mass is 305 g/mol. The smallest absolute Gasteiger partial charge is 0.0470 e. The third-order valence-corrected chi connectivity index (χ3v) is 4.02. The highest BCUT2D eigenvalue weighted by molar-refractivity contribution is 5.25. The van der Waals surface area contributed by atoms with Gasteiger partial charge in [0, 0.05) is 43.9 Å². The largest absolute Gasteiger partial charge is 0.350 e. The van der Waals surface area contributed by atoms with E-state index in [0.717, 1.165) is 25.3 Å². The number of hydrogen-bond acceptors (Lipinski definition) is 2. The van der Waals surface area contributed by atoms with Crippen molar-refractivity contribution in [1.29, 1.82) is 0 Å². The first-order chi connectivity index (χ1) is 11.2. The highest BCUT2D eigenvalue weighted by Gasteiger charge is 2.01. The number of pyridine rings is 1. The normalized spacial score (nSPS) is 10.9. The molecule has 0 radical (unpaired) electrons. The summed E-state index contributed by atoms with van der Waals surface area (Å²) in [5.74, 6) is 0. The Kier molecular flexibility index (Phi) is 4.89. The molecular formula is C20H23N3. The summed E-state index contributed by atoms with van der Waals surface area (Å²) in [6.45, 7) is 6.81. The molecule has 0 unspecified atom stereocenters. The Bertz CT molecular complexity index is 760. The van der Waals surface area contributed by atoms with Crippen molar-refractivity contribution in [3.05, 3.63) is 89.0 Å². The predicted octanol–water partition coefficient (Wildman–Crippen LogP) is 3.84. The zero-order chi connectivity index (χ0) is 16.1. The summed E-state index contributed by atoms with van der Waals surface area (Å²) < 4.78 is 2.23. The number of aryl methyl sites for hydroxylation is 2. The molecule has 23 heavy (non-hydrogen) atoms. The van der Waals surface area contributed by atoms with Crippen molar-refractivity contribution >= 4 is 0 Å². The van der Waals surface area contributed by atoms with Gasteiger partial charge in [-0.1, -0.05) is 30.3 Å². The molecule has 0 aliphatic rings. The lowest BCUT2D eigenvalue weighted by molar-refractivity contribution is 0.685. The molecule has 0 fully saturated rings. The number of nitrogens with zero attached hydrogens (tertiary/aromatic N) is 2. The summed E-state index contributed by atoms with van der Waals surface area (Å²) in [6, 6.07) is 14.8. The van der Waals surface area contributed by atoms with Gasteiger partial charge in [-0.15, -0.1) is 0 Å². The fraction of sp³-hybridized carbons (Fsp3) is 0.250. The van der Waals surface area contributed by atoms with E-state index in [9.17, 15) is 0 Å². The minimum Gasteiger partial charge on any atom is -0.350 e. The van der Waals surface area contributed by atoms with Crippen molar-refractivity contribution in [2.45, 2.75) is 33.5 Å². The van der Waals surface area contributed by atoms with E-state index in [1.165, 1.54) is 22.3 Å². The molecule has 0 bridgehead atoms. The van der Waals surface area contributed by atoms with Crippen molar-refractivity contribution < 1.29 is 0 Å². The second-order valence-electron chi connectivity index (χ2n) is 6.03. The van der Waals surface area contributed by atoms with Crippen LogP contribution in [-0.2, 0) is 19.6 Å². The van der Waals surface area contributed by atoms with Crippen LogP contribution < -0.4 is 5.32 Å². The van der Waals surface area contributed by atoms with Crippen LogP contribution in [0, 0.1) is 13.8 Å². The molecule has 1 aromatic carbocycles. The van der Waals surface area contributed by atoms with Crippen LogP contribution in [0.4, 0.5) is 0 Å². The minimum absolute atomic E-state index is 0.850. The molecular weight excluding hydrogens is 282 g/mol. The van der Waals surface area contributed by atoms with E-state index in [-0.39, 0.29) is 0 Å². The maximum atomic E-state index is 4.37. The number of aromatic nitrogens is 2. The Morgan fingerprint density at radius 1 is 1.00 bits per heavy atom. The number of benzene rings is 1. The van der Waals surface area contributed by atoms with Gasteiger partial charge >= 0.3 is 0 Å². The van der Waals surface area contributed by atoms with Crippen molar-refractivity contribution in [3.8, 4) is 0 Å². The van der Waals surface area contributed by atoms with Crippen LogP contribution in [0.5, 0.6) is 0 Å². The Labute approximate surface area is 138 Å². The summed E-state index contributed by atoms with van der Waals surface area (Å²) in [6.07, 6.45) is 6.32. The second kappa shape index (κ2) is 7.25. The number of nitrogens with one attached hydrogen (secondary N) is 1. The van der Waals surface area contributed by atoms with Crippen molar-refractivity contribution in [2.24, 2.45) is 0 Å². The molecule has 2 aromatic heterocycles. The van der Waals surface area contributed by atoms with Crippen LogP contribution in [0.1, 0.15) is 27.9 Å². The summed E-state index contributed by atoms with van der Waals surface area (Å²) in [5, 5.41) is 3.50. The molecule has 0 aliphatic heterocycles.